The minimum atomic E-state index is -0.459. The lowest BCUT2D eigenvalue weighted by Gasteiger charge is -2.16. The minimum absolute atomic E-state index is 0.118. The Morgan fingerprint density at radius 1 is 1.25 bits per heavy atom. The Labute approximate surface area is 121 Å². The molecule has 3 N–H and O–H groups in total. The van der Waals surface area contributed by atoms with Gasteiger partial charge >= 0.3 is 0 Å². The molecule has 1 amide bonds. The Morgan fingerprint density at radius 2 is 1.85 bits per heavy atom. The van der Waals surface area contributed by atoms with Crippen LogP contribution in [0.2, 0.25) is 0 Å². The van der Waals surface area contributed by atoms with Gasteiger partial charge in [-0.15, -0.1) is 0 Å². The second-order valence-electron chi connectivity index (χ2n) is 5.94. The van der Waals surface area contributed by atoms with Crippen LogP contribution in [-0.4, -0.2) is 29.9 Å². The van der Waals surface area contributed by atoms with Crippen LogP contribution in [-0.2, 0) is 11.3 Å². The summed E-state index contributed by atoms with van der Waals surface area (Å²) in [5.41, 5.74) is 7.93. The lowest BCUT2D eigenvalue weighted by molar-refractivity contribution is -0.118. The van der Waals surface area contributed by atoms with Crippen LogP contribution in [0.15, 0.2) is 24.3 Å². The van der Waals surface area contributed by atoms with Gasteiger partial charge in [0.15, 0.2) is 0 Å². The molecule has 1 aromatic rings. The van der Waals surface area contributed by atoms with Crippen molar-refractivity contribution in [3.05, 3.63) is 29.8 Å². The van der Waals surface area contributed by atoms with E-state index in [0.717, 1.165) is 12.2 Å². The zero-order valence-corrected chi connectivity index (χ0v) is 12.4. The number of carbonyl (C=O) groups excluding carboxylic acids is 1. The molecule has 2 rings (SSSR count). The Hall–Kier alpha value is -1.39. The van der Waals surface area contributed by atoms with Crippen molar-refractivity contribution in [2.45, 2.75) is 39.3 Å². The molecule has 1 aromatic carbocycles. The second-order valence-corrected chi connectivity index (χ2v) is 5.94. The molecule has 0 saturated carbocycles. The lowest BCUT2D eigenvalue weighted by Crippen LogP contribution is -2.39. The predicted octanol–water partition coefficient (Wildman–Crippen LogP) is 2.20. The van der Waals surface area contributed by atoms with Crippen molar-refractivity contribution in [2.24, 2.45) is 11.7 Å². The first kappa shape index (κ1) is 15.0. The van der Waals surface area contributed by atoms with Gasteiger partial charge in [-0.3, -0.25) is 9.69 Å². The minimum Gasteiger partial charge on any atom is -0.325 e. The van der Waals surface area contributed by atoms with Crippen molar-refractivity contribution < 1.29 is 4.79 Å². The molecule has 110 valence electrons. The Morgan fingerprint density at radius 3 is 2.40 bits per heavy atom. The molecular weight excluding hydrogens is 250 g/mol. The second kappa shape index (κ2) is 6.86. The quantitative estimate of drug-likeness (QED) is 0.866. The van der Waals surface area contributed by atoms with Gasteiger partial charge in [-0.1, -0.05) is 26.0 Å². The molecule has 1 fully saturated rings. The van der Waals surface area contributed by atoms with Crippen LogP contribution in [0.25, 0.3) is 0 Å². The van der Waals surface area contributed by atoms with Crippen LogP contribution in [0.4, 0.5) is 5.69 Å². The van der Waals surface area contributed by atoms with Crippen molar-refractivity contribution in [3.63, 3.8) is 0 Å². The van der Waals surface area contributed by atoms with Gasteiger partial charge < -0.3 is 11.1 Å². The molecule has 4 heteroatoms. The normalized spacial score (nSPS) is 17.4. The summed E-state index contributed by atoms with van der Waals surface area (Å²) in [7, 11) is 0. The molecule has 1 aliphatic rings. The van der Waals surface area contributed by atoms with Gasteiger partial charge in [0.25, 0.3) is 0 Å². The van der Waals surface area contributed by atoms with Gasteiger partial charge in [0.2, 0.25) is 5.91 Å². The summed E-state index contributed by atoms with van der Waals surface area (Å²) in [5, 5.41) is 2.87. The van der Waals surface area contributed by atoms with Gasteiger partial charge in [-0.25, -0.2) is 0 Å². The number of carbonyl (C=O) groups is 1. The maximum absolute atomic E-state index is 11.9. The van der Waals surface area contributed by atoms with Crippen LogP contribution < -0.4 is 11.1 Å². The van der Waals surface area contributed by atoms with Crippen molar-refractivity contribution in [1.82, 2.24) is 4.90 Å². The van der Waals surface area contributed by atoms with Gasteiger partial charge in [0.1, 0.15) is 0 Å². The van der Waals surface area contributed by atoms with E-state index in [0.29, 0.717) is 0 Å². The third kappa shape index (κ3) is 4.05. The van der Waals surface area contributed by atoms with E-state index in [2.05, 4.69) is 22.3 Å². The number of nitrogens with two attached hydrogens (primary N) is 1. The molecule has 1 heterocycles. The summed E-state index contributed by atoms with van der Waals surface area (Å²) in [4.78, 5) is 14.3. The number of amides is 1. The van der Waals surface area contributed by atoms with E-state index in [4.69, 9.17) is 5.73 Å². The number of nitrogens with one attached hydrogen (secondary N) is 1. The Kier molecular flexibility index (Phi) is 5.15. The van der Waals surface area contributed by atoms with Crippen molar-refractivity contribution in [3.8, 4) is 0 Å². The number of likely N-dealkylation sites (tertiary alicyclic amines) is 1. The number of nitrogens with zero attached hydrogens (tertiary/aromatic N) is 1. The fourth-order valence-electron chi connectivity index (χ4n) is 2.42. The van der Waals surface area contributed by atoms with Gasteiger partial charge in [-0.05, 0) is 49.5 Å². The monoisotopic (exact) mass is 275 g/mol. The highest BCUT2D eigenvalue weighted by atomic mass is 16.2. The van der Waals surface area contributed by atoms with Crippen molar-refractivity contribution in [1.29, 1.82) is 0 Å². The molecule has 20 heavy (non-hydrogen) atoms. The third-order valence-corrected chi connectivity index (χ3v) is 3.85. The lowest BCUT2D eigenvalue weighted by atomic mass is 10.0. The van der Waals surface area contributed by atoms with E-state index in [1.54, 1.807) is 0 Å². The molecule has 4 nitrogen and oxygen atoms in total. The van der Waals surface area contributed by atoms with Crippen molar-refractivity contribution in [2.75, 3.05) is 18.4 Å². The Balaban J connectivity index is 1.89. The van der Waals surface area contributed by atoms with E-state index in [9.17, 15) is 4.79 Å². The maximum atomic E-state index is 11.9. The van der Waals surface area contributed by atoms with Crippen LogP contribution >= 0.6 is 0 Å². The average molecular weight is 275 g/mol. The standard InChI is InChI=1S/C16H25N3O/c1-12(2)15(17)16(20)18-14-7-5-13(6-8-14)11-19-9-3-4-10-19/h5-8,12,15H,3-4,9-11,17H2,1-2H3,(H,18,20)/t15-/m1/s1. The fourth-order valence-corrected chi connectivity index (χ4v) is 2.42. The molecule has 1 aliphatic heterocycles. The number of hydrogen-bond donors (Lipinski definition) is 2. The third-order valence-electron chi connectivity index (χ3n) is 3.85. The van der Waals surface area contributed by atoms with Crippen LogP contribution in [0.5, 0.6) is 0 Å². The van der Waals surface area contributed by atoms with E-state index in [-0.39, 0.29) is 11.8 Å². The topological polar surface area (TPSA) is 58.4 Å². The summed E-state index contributed by atoms with van der Waals surface area (Å²) >= 11 is 0. The molecule has 0 bridgehead atoms. The maximum Gasteiger partial charge on any atom is 0.241 e. The summed E-state index contributed by atoms with van der Waals surface area (Å²) in [6.45, 7) is 7.29. The number of hydrogen-bond acceptors (Lipinski definition) is 3. The average Bonchev–Trinajstić information content (AvgIpc) is 2.92. The van der Waals surface area contributed by atoms with E-state index in [1.165, 1.54) is 31.5 Å². The first-order valence-corrected chi connectivity index (χ1v) is 7.44. The molecule has 0 radical (unpaired) electrons. The van der Waals surface area contributed by atoms with Gasteiger partial charge in [0, 0.05) is 12.2 Å². The highest BCUT2D eigenvalue weighted by Crippen LogP contribution is 2.15. The van der Waals surface area contributed by atoms with Gasteiger partial charge in [-0.2, -0.15) is 0 Å². The van der Waals surface area contributed by atoms with E-state index >= 15 is 0 Å². The SMILES string of the molecule is CC(C)[C@@H](N)C(=O)Nc1ccc(CN2CCCC2)cc1. The zero-order chi connectivity index (χ0) is 14.5. The molecule has 0 spiro atoms. The number of benzene rings is 1. The van der Waals surface area contributed by atoms with Crippen molar-refractivity contribution >= 4 is 11.6 Å². The summed E-state index contributed by atoms with van der Waals surface area (Å²) in [5.74, 6) is 0.0248. The molecular formula is C16H25N3O. The fraction of sp³-hybridized carbons (Fsp3) is 0.562. The van der Waals surface area contributed by atoms with Crippen LogP contribution in [0.3, 0.4) is 0 Å². The highest BCUT2D eigenvalue weighted by Gasteiger charge is 2.17. The van der Waals surface area contributed by atoms with Gasteiger partial charge in [0.05, 0.1) is 6.04 Å². The van der Waals surface area contributed by atoms with E-state index < -0.39 is 6.04 Å². The first-order chi connectivity index (χ1) is 9.56. The smallest absolute Gasteiger partial charge is 0.241 e. The Bertz CT molecular complexity index is 436. The summed E-state index contributed by atoms with van der Waals surface area (Å²) < 4.78 is 0. The zero-order valence-electron chi connectivity index (χ0n) is 12.4. The predicted molar refractivity (Wildman–Crippen MR) is 82.4 cm³/mol. The molecule has 0 aliphatic carbocycles. The summed E-state index contributed by atoms with van der Waals surface area (Å²) in [6, 6.07) is 7.61. The molecule has 1 saturated heterocycles. The molecule has 0 aromatic heterocycles. The largest absolute Gasteiger partial charge is 0.325 e. The highest BCUT2D eigenvalue weighted by molar-refractivity contribution is 5.94. The number of anilines is 1. The first-order valence-electron chi connectivity index (χ1n) is 7.44. The van der Waals surface area contributed by atoms with Crippen LogP contribution in [0.1, 0.15) is 32.3 Å². The summed E-state index contributed by atoms with van der Waals surface area (Å²) in [6.07, 6.45) is 2.61. The van der Waals surface area contributed by atoms with Crippen LogP contribution in [0, 0.1) is 5.92 Å². The molecule has 1 atom stereocenters. The molecule has 0 unspecified atom stereocenters. The number of rotatable bonds is 5. The van der Waals surface area contributed by atoms with E-state index in [1.807, 2.05) is 26.0 Å².